The minimum Gasteiger partial charge on any atom is -0.348 e. The number of aryl methyl sites for hydroxylation is 2. The van der Waals surface area contributed by atoms with E-state index in [1.165, 1.54) is 18.2 Å². The summed E-state index contributed by atoms with van der Waals surface area (Å²) in [6, 6.07) is 8.90. The molecule has 3 aromatic rings. The van der Waals surface area contributed by atoms with Crippen molar-refractivity contribution in [3.05, 3.63) is 81.3 Å². The van der Waals surface area contributed by atoms with Crippen LogP contribution in [0.1, 0.15) is 42.7 Å². The first-order chi connectivity index (χ1) is 13.0. The summed E-state index contributed by atoms with van der Waals surface area (Å²) in [7, 11) is 0. The molecule has 0 aliphatic carbocycles. The van der Waals surface area contributed by atoms with E-state index in [2.05, 4.69) is 15.3 Å². The van der Waals surface area contributed by atoms with Crippen LogP contribution >= 0.6 is 11.3 Å². The number of ketones is 1. The summed E-state index contributed by atoms with van der Waals surface area (Å²) in [5.74, 6) is -0.855. The maximum atomic E-state index is 13.2. The number of nitrogens with zero attached hydrogens (tertiary/aromatic N) is 2. The lowest BCUT2D eigenvalue weighted by molar-refractivity contribution is 0.0947. The Kier molecular flexibility index (Phi) is 6.03. The molecule has 27 heavy (non-hydrogen) atoms. The van der Waals surface area contributed by atoms with Crippen molar-refractivity contribution < 1.29 is 14.0 Å². The van der Waals surface area contributed by atoms with Crippen LogP contribution in [0.2, 0.25) is 0 Å². The van der Waals surface area contributed by atoms with E-state index in [1.807, 2.05) is 6.92 Å². The Morgan fingerprint density at radius 1 is 1.15 bits per heavy atom. The first kappa shape index (κ1) is 18.8. The van der Waals surface area contributed by atoms with E-state index in [-0.39, 0.29) is 23.8 Å². The number of carbonyl (C=O) groups excluding carboxylic acids is 2. The molecule has 5 nitrogen and oxygen atoms in total. The van der Waals surface area contributed by atoms with Gasteiger partial charge < -0.3 is 5.32 Å². The molecule has 2 aromatic heterocycles. The molecule has 0 radical (unpaired) electrons. The highest BCUT2D eigenvalue weighted by molar-refractivity contribution is 7.11. The standard InChI is InChI=1S/C20H18FN3O2S/c1-13-22-12-17(27-13)6-8-19(25)18-7-5-14(10-23-18)11-24-20(26)15-3-2-4-16(21)9-15/h2-5,7,9-10,12H,6,8,11H2,1H3,(H,24,26). The number of thiazole rings is 1. The van der Waals surface area contributed by atoms with Crippen molar-refractivity contribution in [1.29, 1.82) is 0 Å². The van der Waals surface area contributed by atoms with Gasteiger partial charge in [-0.3, -0.25) is 14.6 Å². The van der Waals surface area contributed by atoms with Gasteiger partial charge in [0.15, 0.2) is 5.78 Å². The third kappa shape index (κ3) is 5.27. The van der Waals surface area contributed by atoms with Gasteiger partial charge in [0.05, 0.1) is 5.01 Å². The van der Waals surface area contributed by atoms with Gasteiger partial charge in [-0.15, -0.1) is 11.3 Å². The summed E-state index contributed by atoms with van der Waals surface area (Å²) < 4.78 is 13.2. The lowest BCUT2D eigenvalue weighted by Gasteiger charge is -2.06. The van der Waals surface area contributed by atoms with E-state index in [1.54, 1.807) is 41.9 Å². The highest BCUT2D eigenvalue weighted by Gasteiger charge is 2.10. The molecule has 2 heterocycles. The highest BCUT2D eigenvalue weighted by Crippen LogP contribution is 2.15. The van der Waals surface area contributed by atoms with E-state index in [9.17, 15) is 14.0 Å². The maximum absolute atomic E-state index is 13.2. The first-order valence-electron chi connectivity index (χ1n) is 8.44. The summed E-state index contributed by atoms with van der Waals surface area (Å²) in [5.41, 5.74) is 1.42. The van der Waals surface area contributed by atoms with Crippen molar-refractivity contribution in [2.75, 3.05) is 0 Å². The van der Waals surface area contributed by atoms with Crippen LogP contribution in [0.25, 0.3) is 0 Å². The van der Waals surface area contributed by atoms with Gasteiger partial charge in [-0.25, -0.2) is 9.37 Å². The van der Waals surface area contributed by atoms with Gasteiger partial charge in [0.1, 0.15) is 11.5 Å². The summed E-state index contributed by atoms with van der Waals surface area (Å²) in [5, 5.41) is 3.69. The molecule has 0 unspecified atom stereocenters. The van der Waals surface area contributed by atoms with Crippen LogP contribution in [0.3, 0.4) is 0 Å². The zero-order valence-electron chi connectivity index (χ0n) is 14.7. The van der Waals surface area contributed by atoms with Crippen LogP contribution in [0.4, 0.5) is 4.39 Å². The molecule has 3 rings (SSSR count). The van der Waals surface area contributed by atoms with E-state index in [4.69, 9.17) is 0 Å². The lowest BCUT2D eigenvalue weighted by Crippen LogP contribution is -2.23. The number of hydrogen-bond donors (Lipinski definition) is 1. The van der Waals surface area contributed by atoms with Crippen molar-refractivity contribution in [1.82, 2.24) is 15.3 Å². The van der Waals surface area contributed by atoms with Crippen molar-refractivity contribution >= 4 is 23.0 Å². The molecule has 0 saturated carbocycles. The zero-order valence-corrected chi connectivity index (χ0v) is 15.6. The molecule has 0 saturated heterocycles. The summed E-state index contributed by atoms with van der Waals surface area (Å²) in [6.07, 6.45) is 4.39. The molecule has 1 N–H and O–H groups in total. The summed E-state index contributed by atoms with van der Waals surface area (Å²) >= 11 is 1.59. The lowest BCUT2D eigenvalue weighted by atomic mass is 10.1. The van der Waals surface area contributed by atoms with Gasteiger partial charge in [0.2, 0.25) is 0 Å². The minimum absolute atomic E-state index is 0.0311. The van der Waals surface area contributed by atoms with Gasteiger partial charge in [-0.1, -0.05) is 12.1 Å². The van der Waals surface area contributed by atoms with Crippen molar-refractivity contribution in [2.24, 2.45) is 0 Å². The van der Waals surface area contributed by atoms with Gasteiger partial charge in [-0.05, 0) is 43.2 Å². The van der Waals surface area contributed by atoms with E-state index < -0.39 is 5.82 Å². The third-order valence-corrected chi connectivity index (χ3v) is 4.89. The Labute approximate surface area is 160 Å². The van der Waals surface area contributed by atoms with Crippen molar-refractivity contribution in [3.8, 4) is 0 Å². The van der Waals surface area contributed by atoms with E-state index in [0.717, 1.165) is 15.4 Å². The average Bonchev–Trinajstić information content (AvgIpc) is 3.10. The van der Waals surface area contributed by atoms with Gasteiger partial charge in [0.25, 0.3) is 5.91 Å². The van der Waals surface area contributed by atoms with Crippen LogP contribution in [0.5, 0.6) is 0 Å². The largest absolute Gasteiger partial charge is 0.348 e. The second kappa shape index (κ2) is 8.64. The second-order valence-electron chi connectivity index (χ2n) is 6.01. The van der Waals surface area contributed by atoms with Crippen LogP contribution in [-0.2, 0) is 13.0 Å². The third-order valence-electron chi connectivity index (χ3n) is 3.92. The van der Waals surface area contributed by atoms with Gasteiger partial charge >= 0.3 is 0 Å². The fourth-order valence-corrected chi connectivity index (χ4v) is 3.29. The minimum atomic E-state index is -0.458. The number of nitrogens with one attached hydrogen (secondary N) is 1. The van der Waals surface area contributed by atoms with Gasteiger partial charge in [0, 0.05) is 35.8 Å². The fourth-order valence-electron chi connectivity index (χ4n) is 2.49. The molecule has 7 heteroatoms. The predicted octanol–water partition coefficient (Wildman–Crippen LogP) is 3.73. The number of benzene rings is 1. The topological polar surface area (TPSA) is 72.0 Å². The zero-order chi connectivity index (χ0) is 19.2. The normalized spacial score (nSPS) is 10.6. The van der Waals surface area contributed by atoms with Crippen LogP contribution in [0.15, 0.2) is 48.8 Å². The number of pyridine rings is 1. The molecule has 1 amide bonds. The predicted molar refractivity (Wildman–Crippen MR) is 101 cm³/mol. The molecule has 138 valence electrons. The smallest absolute Gasteiger partial charge is 0.251 e. The van der Waals surface area contributed by atoms with E-state index in [0.29, 0.717) is 18.5 Å². The van der Waals surface area contributed by atoms with Gasteiger partial charge in [-0.2, -0.15) is 0 Å². The molecular weight excluding hydrogens is 365 g/mol. The Morgan fingerprint density at radius 2 is 2.00 bits per heavy atom. The molecular formula is C20H18FN3O2S. The second-order valence-corrected chi connectivity index (χ2v) is 7.33. The van der Waals surface area contributed by atoms with Crippen LogP contribution < -0.4 is 5.32 Å². The molecule has 0 atom stereocenters. The molecule has 0 aliphatic rings. The highest BCUT2D eigenvalue weighted by atomic mass is 32.1. The number of aromatic nitrogens is 2. The number of amides is 1. The van der Waals surface area contributed by atoms with Crippen LogP contribution in [0, 0.1) is 12.7 Å². The first-order valence-corrected chi connectivity index (χ1v) is 9.26. The fraction of sp³-hybridized carbons (Fsp3) is 0.200. The van der Waals surface area contributed by atoms with Crippen LogP contribution in [-0.4, -0.2) is 21.7 Å². The van der Waals surface area contributed by atoms with E-state index >= 15 is 0 Å². The molecule has 0 bridgehead atoms. The summed E-state index contributed by atoms with van der Waals surface area (Å²) in [6.45, 7) is 2.18. The maximum Gasteiger partial charge on any atom is 0.251 e. The number of Topliss-reactive ketones (excluding diaryl/α,β-unsaturated/α-hetero) is 1. The quantitative estimate of drug-likeness (QED) is 0.631. The van der Waals surface area contributed by atoms with Crippen molar-refractivity contribution in [2.45, 2.75) is 26.3 Å². The van der Waals surface area contributed by atoms with Crippen molar-refractivity contribution in [3.63, 3.8) is 0 Å². The average molecular weight is 383 g/mol. The Balaban J connectivity index is 1.52. The molecule has 0 spiro atoms. The monoisotopic (exact) mass is 383 g/mol. The number of halogens is 1. The Hall–Kier alpha value is -2.93. The summed E-state index contributed by atoms with van der Waals surface area (Å²) in [4.78, 5) is 33.7. The number of rotatable bonds is 7. The SMILES string of the molecule is Cc1ncc(CCC(=O)c2ccc(CNC(=O)c3cccc(F)c3)cn2)s1. The molecule has 0 aliphatic heterocycles. The number of carbonyl (C=O) groups is 2. The molecule has 1 aromatic carbocycles. The Bertz CT molecular complexity index is 954. The molecule has 0 fully saturated rings. The Morgan fingerprint density at radius 3 is 2.67 bits per heavy atom. The number of hydrogen-bond acceptors (Lipinski definition) is 5.